The van der Waals surface area contributed by atoms with Gasteiger partial charge in [0.2, 0.25) is 0 Å². The molecule has 0 saturated heterocycles. The lowest BCUT2D eigenvalue weighted by Crippen LogP contribution is -2.35. The van der Waals surface area contributed by atoms with Crippen LogP contribution in [0.4, 0.5) is 0 Å². The molecule has 0 amide bonds. The van der Waals surface area contributed by atoms with Crippen LogP contribution in [-0.2, 0) is 6.54 Å². The van der Waals surface area contributed by atoms with Crippen LogP contribution in [0.2, 0.25) is 0 Å². The second kappa shape index (κ2) is 5.29. The molecular weight excluding hydrogens is 226 g/mol. The number of hydrogen-bond donors (Lipinski definition) is 1. The van der Waals surface area contributed by atoms with Crippen LogP contribution in [0, 0.1) is 6.92 Å². The lowest BCUT2D eigenvalue weighted by Gasteiger charge is -2.16. The summed E-state index contributed by atoms with van der Waals surface area (Å²) in [4.78, 5) is 6.50. The molecule has 1 saturated carbocycles. The third-order valence-corrected chi connectivity index (χ3v) is 3.23. The SMILES string of the molecule is COc1cc(C)cc(CN=C(N)N(C)C2CC2)c1. The van der Waals surface area contributed by atoms with E-state index in [-0.39, 0.29) is 0 Å². The summed E-state index contributed by atoms with van der Waals surface area (Å²) in [6.07, 6.45) is 2.45. The van der Waals surface area contributed by atoms with Gasteiger partial charge in [-0.25, -0.2) is 4.99 Å². The fraction of sp³-hybridized carbons (Fsp3) is 0.500. The summed E-state index contributed by atoms with van der Waals surface area (Å²) in [5.41, 5.74) is 8.26. The van der Waals surface area contributed by atoms with Gasteiger partial charge in [0.25, 0.3) is 0 Å². The molecule has 0 bridgehead atoms. The summed E-state index contributed by atoms with van der Waals surface area (Å²) in [5, 5.41) is 0. The first kappa shape index (κ1) is 12.7. The Balaban J connectivity index is 2.04. The van der Waals surface area contributed by atoms with Gasteiger partial charge in [0.05, 0.1) is 13.7 Å². The van der Waals surface area contributed by atoms with Crippen LogP contribution < -0.4 is 10.5 Å². The predicted molar refractivity (Wildman–Crippen MR) is 73.8 cm³/mol. The average Bonchev–Trinajstić information content (AvgIpc) is 3.18. The highest BCUT2D eigenvalue weighted by Crippen LogP contribution is 2.25. The van der Waals surface area contributed by atoms with E-state index in [1.54, 1.807) is 7.11 Å². The molecule has 1 aromatic rings. The molecule has 0 aliphatic heterocycles. The topological polar surface area (TPSA) is 50.9 Å². The third-order valence-electron chi connectivity index (χ3n) is 3.23. The van der Waals surface area contributed by atoms with Gasteiger partial charge in [-0.3, -0.25) is 0 Å². The van der Waals surface area contributed by atoms with Gasteiger partial charge in [-0.1, -0.05) is 6.07 Å². The van der Waals surface area contributed by atoms with Crippen molar-refractivity contribution in [3.8, 4) is 5.75 Å². The van der Waals surface area contributed by atoms with Crippen molar-refractivity contribution in [3.63, 3.8) is 0 Å². The van der Waals surface area contributed by atoms with Gasteiger partial charge in [0, 0.05) is 13.1 Å². The fourth-order valence-corrected chi connectivity index (χ4v) is 1.97. The molecule has 1 fully saturated rings. The van der Waals surface area contributed by atoms with Crippen LogP contribution in [0.15, 0.2) is 23.2 Å². The van der Waals surface area contributed by atoms with Crippen LogP contribution in [-0.4, -0.2) is 31.1 Å². The number of guanidine groups is 1. The van der Waals surface area contributed by atoms with Crippen molar-refractivity contribution in [2.24, 2.45) is 10.7 Å². The molecule has 1 aromatic carbocycles. The van der Waals surface area contributed by atoms with E-state index in [1.165, 1.54) is 18.4 Å². The van der Waals surface area contributed by atoms with Crippen molar-refractivity contribution in [2.45, 2.75) is 32.4 Å². The molecule has 0 heterocycles. The van der Waals surface area contributed by atoms with E-state index >= 15 is 0 Å². The van der Waals surface area contributed by atoms with Crippen molar-refractivity contribution in [2.75, 3.05) is 14.2 Å². The average molecular weight is 247 g/mol. The summed E-state index contributed by atoms with van der Waals surface area (Å²) in [6.45, 7) is 2.65. The highest BCUT2D eigenvalue weighted by molar-refractivity contribution is 5.78. The van der Waals surface area contributed by atoms with Gasteiger partial charge in [-0.05, 0) is 43.0 Å². The lowest BCUT2D eigenvalue weighted by atomic mass is 10.1. The molecule has 0 unspecified atom stereocenters. The Bertz CT molecular complexity index is 452. The first-order chi connectivity index (χ1) is 8.60. The summed E-state index contributed by atoms with van der Waals surface area (Å²) in [7, 11) is 3.68. The van der Waals surface area contributed by atoms with Crippen molar-refractivity contribution in [3.05, 3.63) is 29.3 Å². The molecule has 4 nitrogen and oxygen atoms in total. The van der Waals surface area contributed by atoms with E-state index < -0.39 is 0 Å². The predicted octanol–water partition coefficient (Wildman–Crippen LogP) is 1.91. The zero-order valence-corrected chi connectivity index (χ0v) is 11.3. The number of methoxy groups -OCH3 is 1. The minimum absolute atomic E-state index is 0.598. The van der Waals surface area contributed by atoms with E-state index in [0.29, 0.717) is 18.5 Å². The van der Waals surface area contributed by atoms with E-state index in [2.05, 4.69) is 22.9 Å². The Hall–Kier alpha value is -1.71. The molecular formula is C14H21N3O. The number of benzene rings is 1. The normalized spacial score (nSPS) is 15.6. The summed E-state index contributed by atoms with van der Waals surface area (Å²) >= 11 is 0. The molecule has 0 spiro atoms. The summed E-state index contributed by atoms with van der Waals surface area (Å²) in [6, 6.07) is 6.71. The second-order valence-electron chi connectivity index (χ2n) is 4.87. The van der Waals surface area contributed by atoms with E-state index in [0.717, 1.165) is 11.3 Å². The zero-order chi connectivity index (χ0) is 13.1. The van der Waals surface area contributed by atoms with Crippen LogP contribution in [0.1, 0.15) is 24.0 Å². The van der Waals surface area contributed by atoms with Gasteiger partial charge in [-0.15, -0.1) is 0 Å². The number of hydrogen-bond acceptors (Lipinski definition) is 2. The summed E-state index contributed by atoms with van der Waals surface area (Å²) in [5.74, 6) is 1.49. The Morgan fingerprint density at radius 3 is 2.78 bits per heavy atom. The molecule has 98 valence electrons. The molecule has 18 heavy (non-hydrogen) atoms. The Morgan fingerprint density at radius 2 is 2.17 bits per heavy atom. The largest absolute Gasteiger partial charge is 0.497 e. The molecule has 4 heteroatoms. The first-order valence-corrected chi connectivity index (χ1v) is 6.27. The monoisotopic (exact) mass is 247 g/mol. The second-order valence-corrected chi connectivity index (χ2v) is 4.87. The highest BCUT2D eigenvalue weighted by Gasteiger charge is 2.27. The summed E-state index contributed by atoms with van der Waals surface area (Å²) < 4.78 is 5.25. The maximum absolute atomic E-state index is 5.96. The number of ether oxygens (including phenoxy) is 1. The van der Waals surface area contributed by atoms with Crippen LogP contribution in [0.5, 0.6) is 5.75 Å². The van der Waals surface area contributed by atoms with E-state index in [4.69, 9.17) is 10.5 Å². The molecule has 2 N–H and O–H groups in total. The van der Waals surface area contributed by atoms with Crippen molar-refractivity contribution in [1.82, 2.24) is 4.90 Å². The van der Waals surface area contributed by atoms with Crippen LogP contribution in [0.3, 0.4) is 0 Å². The number of aryl methyl sites for hydroxylation is 1. The lowest BCUT2D eigenvalue weighted by molar-refractivity contribution is 0.414. The molecule has 1 aliphatic carbocycles. The van der Waals surface area contributed by atoms with Gasteiger partial charge in [-0.2, -0.15) is 0 Å². The zero-order valence-electron chi connectivity index (χ0n) is 11.3. The molecule has 0 aromatic heterocycles. The van der Waals surface area contributed by atoms with Crippen LogP contribution >= 0.6 is 0 Å². The molecule has 0 atom stereocenters. The smallest absolute Gasteiger partial charge is 0.191 e. The van der Waals surface area contributed by atoms with Crippen molar-refractivity contribution < 1.29 is 4.74 Å². The maximum Gasteiger partial charge on any atom is 0.191 e. The van der Waals surface area contributed by atoms with Crippen LogP contribution in [0.25, 0.3) is 0 Å². The van der Waals surface area contributed by atoms with Gasteiger partial charge in [0.1, 0.15) is 5.75 Å². The maximum atomic E-state index is 5.96. The Morgan fingerprint density at radius 1 is 1.44 bits per heavy atom. The minimum atomic E-state index is 0.598. The van der Waals surface area contributed by atoms with Crippen molar-refractivity contribution >= 4 is 5.96 Å². The number of nitrogens with two attached hydrogens (primary N) is 1. The molecule has 2 rings (SSSR count). The number of nitrogens with zero attached hydrogens (tertiary/aromatic N) is 2. The van der Waals surface area contributed by atoms with Gasteiger partial charge >= 0.3 is 0 Å². The molecule has 0 radical (unpaired) electrons. The van der Waals surface area contributed by atoms with Gasteiger partial charge in [0.15, 0.2) is 5.96 Å². The minimum Gasteiger partial charge on any atom is -0.497 e. The first-order valence-electron chi connectivity index (χ1n) is 6.27. The number of rotatable bonds is 4. The third kappa shape index (κ3) is 3.15. The van der Waals surface area contributed by atoms with E-state index in [9.17, 15) is 0 Å². The fourth-order valence-electron chi connectivity index (χ4n) is 1.97. The van der Waals surface area contributed by atoms with Gasteiger partial charge < -0.3 is 15.4 Å². The Labute approximate surface area is 108 Å². The highest BCUT2D eigenvalue weighted by atomic mass is 16.5. The molecule has 1 aliphatic rings. The Kier molecular flexibility index (Phi) is 3.75. The van der Waals surface area contributed by atoms with Crippen molar-refractivity contribution in [1.29, 1.82) is 0 Å². The standard InChI is InChI=1S/C14H21N3O/c1-10-6-11(8-13(7-10)18-3)9-16-14(15)17(2)12-4-5-12/h6-8,12H,4-5,9H2,1-3H3,(H2,15,16). The van der Waals surface area contributed by atoms with E-state index in [1.807, 2.05) is 19.2 Å². The number of aliphatic imine (C=N–C) groups is 1. The quantitative estimate of drug-likeness (QED) is 0.653.